The molecule has 1 unspecified atom stereocenters. The number of amides is 3. The molecule has 3 aromatic rings. The molecule has 1 saturated heterocycles. The molecule has 0 spiro atoms. The Kier molecular flexibility index (Phi) is 8.15. The molecular weight excluding hydrogens is 474 g/mol. The molecule has 0 aliphatic carbocycles. The Bertz CT molecular complexity index is 1260. The summed E-state index contributed by atoms with van der Waals surface area (Å²) in [5, 5.41) is 5.62. The topological polar surface area (TPSA) is 114 Å². The maximum absolute atomic E-state index is 12.7. The van der Waals surface area contributed by atoms with Gasteiger partial charge in [0.15, 0.2) is 0 Å². The number of hydrogen-bond donors (Lipinski definition) is 2. The Hall–Kier alpha value is -4.66. The third kappa shape index (κ3) is 6.94. The number of anilines is 2. The Morgan fingerprint density at radius 1 is 0.892 bits per heavy atom. The first-order chi connectivity index (χ1) is 17.9. The molecule has 1 heterocycles. The van der Waals surface area contributed by atoms with Gasteiger partial charge in [-0.05, 0) is 61.0 Å². The van der Waals surface area contributed by atoms with Gasteiger partial charge in [-0.2, -0.15) is 0 Å². The van der Waals surface area contributed by atoms with Crippen LogP contribution in [0.15, 0.2) is 78.9 Å². The minimum absolute atomic E-state index is 0.0393. The van der Waals surface area contributed by atoms with E-state index in [4.69, 9.17) is 9.47 Å². The second-order valence-electron chi connectivity index (χ2n) is 8.49. The molecule has 0 saturated carbocycles. The Morgan fingerprint density at radius 2 is 1.54 bits per heavy atom. The average molecular weight is 502 g/mol. The summed E-state index contributed by atoms with van der Waals surface area (Å²) in [5.41, 5.74) is 2.51. The minimum atomic E-state index is -0.809. The van der Waals surface area contributed by atoms with Gasteiger partial charge in [-0.25, -0.2) is 4.79 Å². The molecule has 3 aromatic carbocycles. The van der Waals surface area contributed by atoms with E-state index in [1.807, 2.05) is 30.3 Å². The van der Waals surface area contributed by atoms with Crippen molar-refractivity contribution in [3.63, 3.8) is 0 Å². The molecular formula is C28H27N3O6. The molecule has 3 amide bonds. The van der Waals surface area contributed by atoms with Crippen LogP contribution in [0.25, 0.3) is 0 Å². The van der Waals surface area contributed by atoms with E-state index in [0.717, 1.165) is 5.56 Å². The van der Waals surface area contributed by atoms with E-state index < -0.39 is 12.1 Å². The number of carbonyl (C=O) groups is 4. The highest BCUT2D eigenvalue weighted by atomic mass is 16.7. The minimum Gasteiger partial charge on any atom is -0.434 e. The lowest BCUT2D eigenvalue weighted by atomic mass is 10.1. The molecule has 0 aromatic heterocycles. The predicted molar refractivity (Wildman–Crippen MR) is 137 cm³/mol. The van der Waals surface area contributed by atoms with Crippen molar-refractivity contribution in [2.75, 3.05) is 23.8 Å². The van der Waals surface area contributed by atoms with E-state index in [1.54, 1.807) is 36.1 Å². The Morgan fingerprint density at radius 3 is 2.19 bits per heavy atom. The molecule has 1 atom stereocenters. The summed E-state index contributed by atoms with van der Waals surface area (Å²) in [5.74, 6) is -0.760. The van der Waals surface area contributed by atoms with Crippen LogP contribution in [0, 0.1) is 5.92 Å². The van der Waals surface area contributed by atoms with Crippen molar-refractivity contribution < 1.29 is 28.7 Å². The fourth-order valence-electron chi connectivity index (χ4n) is 3.91. The Balaban J connectivity index is 1.27. The maximum atomic E-state index is 12.7. The van der Waals surface area contributed by atoms with Crippen molar-refractivity contribution in [3.8, 4) is 5.75 Å². The number of carbonyl (C=O) groups excluding carboxylic acids is 4. The Labute approximate surface area is 214 Å². The maximum Gasteiger partial charge on any atom is 0.513 e. The molecule has 1 aliphatic heterocycles. The van der Waals surface area contributed by atoms with Crippen LogP contribution in [0.2, 0.25) is 0 Å². The van der Waals surface area contributed by atoms with Gasteiger partial charge in [-0.3, -0.25) is 14.4 Å². The largest absolute Gasteiger partial charge is 0.513 e. The fraction of sp³-hybridized carbons (Fsp3) is 0.214. The fourth-order valence-corrected chi connectivity index (χ4v) is 3.91. The molecule has 1 fully saturated rings. The number of benzene rings is 3. The molecule has 0 bridgehead atoms. The lowest BCUT2D eigenvalue weighted by Crippen LogP contribution is -2.28. The zero-order valence-corrected chi connectivity index (χ0v) is 20.3. The molecule has 9 heteroatoms. The number of rotatable bonds is 8. The van der Waals surface area contributed by atoms with Crippen LogP contribution in [0.3, 0.4) is 0 Å². The lowest BCUT2D eigenvalue weighted by Gasteiger charge is -2.16. The van der Waals surface area contributed by atoms with Crippen LogP contribution in [0.1, 0.15) is 29.3 Å². The molecule has 0 radical (unpaired) electrons. The first-order valence-electron chi connectivity index (χ1n) is 11.9. The van der Waals surface area contributed by atoms with Gasteiger partial charge in [-0.1, -0.05) is 30.3 Å². The monoisotopic (exact) mass is 501 g/mol. The van der Waals surface area contributed by atoms with Gasteiger partial charge in [0.2, 0.25) is 11.8 Å². The van der Waals surface area contributed by atoms with Crippen LogP contribution in [-0.4, -0.2) is 41.9 Å². The van der Waals surface area contributed by atoms with Crippen LogP contribution in [0.5, 0.6) is 5.75 Å². The van der Waals surface area contributed by atoms with Crippen molar-refractivity contribution in [2.24, 2.45) is 5.92 Å². The highest BCUT2D eigenvalue weighted by molar-refractivity contribution is 6.04. The zero-order chi connectivity index (χ0) is 26.2. The van der Waals surface area contributed by atoms with Crippen LogP contribution < -0.4 is 15.4 Å². The SMILES string of the molecule is CCOC(=O)Oc1ccc(C(=O)Nc2ccc(NC(=O)C3CC(=O)N(Cc4ccccc4)C3)cc2)cc1. The lowest BCUT2D eigenvalue weighted by molar-refractivity contribution is -0.128. The molecule has 2 N–H and O–H groups in total. The van der Waals surface area contributed by atoms with E-state index in [2.05, 4.69) is 10.6 Å². The molecule has 4 rings (SSSR count). The van der Waals surface area contributed by atoms with Gasteiger partial charge in [0, 0.05) is 36.4 Å². The normalized spacial score (nSPS) is 14.7. The van der Waals surface area contributed by atoms with Crippen molar-refractivity contribution in [1.82, 2.24) is 4.90 Å². The number of likely N-dealkylation sites (tertiary alicyclic amines) is 1. The van der Waals surface area contributed by atoms with E-state index in [-0.39, 0.29) is 36.5 Å². The molecule has 1 aliphatic rings. The van der Waals surface area contributed by atoms with Crippen molar-refractivity contribution in [2.45, 2.75) is 19.9 Å². The first-order valence-corrected chi connectivity index (χ1v) is 11.9. The van der Waals surface area contributed by atoms with Gasteiger partial charge in [0.25, 0.3) is 5.91 Å². The zero-order valence-electron chi connectivity index (χ0n) is 20.3. The summed E-state index contributed by atoms with van der Waals surface area (Å²) in [6, 6.07) is 22.4. The third-order valence-electron chi connectivity index (χ3n) is 5.79. The summed E-state index contributed by atoms with van der Waals surface area (Å²) in [6.07, 6.45) is -0.632. The van der Waals surface area contributed by atoms with Crippen molar-refractivity contribution >= 4 is 35.3 Å². The smallest absolute Gasteiger partial charge is 0.434 e. The highest BCUT2D eigenvalue weighted by Gasteiger charge is 2.34. The first kappa shape index (κ1) is 25.4. The summed E-state index contributed by atoms with van der Waals surface area (Å²) < 4.78 is 9.69. The average Bonchev–Trinajstić information content (AvgIpc) is 3.26. The van der Waals surface area contributed by atoms with E-state index in [1.165, 1.54) is 24.3 Å². The summed E-state index contributed by atoms with van der Waals surface area (Å²) in [4.78, 5) is 50.7. The second-order valence-corrected chi connectivity index (χ2v) is 8.49. The number of hydrogen-bond acceptors (Lipinski definition) is 6. The van der Waals surface area contributed by atoms with Crippen LogP contribution >= 0.6 is 0 Å². The number of ether oxygens (including phenoxy) is 2. The highest BCUT2D eigenvalue weighted by Crippen LogP contribution is 2.23. The van der Waals surface area contributed by atoms with Gasteiger partial charge in [-0.15, -0.1) is 0 Å². The van der Waals surface area contributed by atoms with Crippen LogP contribution in [0.4, 0.5) is 16.2 Å². The molecule has 190 valence electrons. The van der Waals surface area contributed by atoms with E-state index in [9.17, 15) is 19.2 Å². The molecule has 37 heavy (non-hydrogen) atoms. The summed E-state index contributed by atoms with van der Waals surface area (Å²) in [7, 11) is 0. The van der Waals surface area contributed by atoms with Gasteiger partial charge in [0.05, 0.1) is 12.5 Å². The van der Waals surface area contributed by atoms with Crippen molar-refractivity contribution in [3.05, 3.63) is 90.0 Å². The van der Waals surface area contributed by atoms with Crippen molar-refractivity contribution in [1.29, 1.82) is 0 Å². The van der Waals surface area contributed by atoms with Gasteiger partial charge in [0.1, 0.15) is 5.75 Å². The third-order valence-corrected chi connectivity index (χ3v) is 5.79. The summed E-state index contributed by atoms with van der Waals surface area (Å²) in [6.45, 7) is 2.74. The standard InChI is InChI=1S/C28H27N3O6/c1-2-36-28(35)37-24-14-8-20(9-15-24)26(33)29-22-10-12-23(13-11-22)30-27(34)21-16-25(32)31(18-21)17-19-6-4-3-5-7-19/h3-15,21H,2,16-18H2,1H3,(H,29,33)(H,30,34). The van der Waals surface area contributed by atoms with E-state index >= 15 is 0 Å². The second kappa shape index (κ2) is 11.9. The van der Waals surface area contributed by atoms with E-state index in [0.29, 0.717) is 30.0 Å². The molecule has 9 nitrogen and oxygen atoms in total. The number of nitrogens with one attached hydrogen (secondary N) is 2. The predicted octanol–water partition coefficient (Wildman–Crippen LogP) is 4.46. The van der Waals surface area contributed by atoms with Crippen LogP contribution in [-0.2, 0) is 20.9 Å². The van der Waals surface area contributed by atoms with Gasteiger partial charge < -0.3 is 25.0 Å². The number of nitrogens with zero attached hydrogens (tertiary/aromatic N) is 1. The quantitative estimate of drug-likeness (QED) is 0.348. The summed E-state index contributed by atoms with van der Waals surface area (Å²) >= 11 is 0. The van der Waals surface area contributed by atoms with Gasteiger partial charge >= 0.3 is 6.16 Å².